The van der Waals surface area contributed by atoms with Crippen molar-refractivity contribution in [2.75, 3.05) is 0 Å². The molecule has 0 radical (unpaired) electrons. The van der Waals surface area contributed by atoms with Gasteiger partial charge in [0.2, 0.25) is 0 Å². The van der Waals surface area contributed by atoms with Crippen molar-refractivity contribution in [3.63, 3.8) is 0 Å². The highest BCUT2D eigenvalue weighted by Gasteiger charge is 2.20. The van der Waals surface area contributed by atoms with Gasteiger partial charge in [-0.2, -0.15) is 0 Å². The van der Waals surface area contributed by atoms with Crippen molar-refractivity contribution in [3.8, 4) is 11.3 Å². The lowest BCUT2D eigenvalue weighted by atomic mass is 9.83. The van der Waals surface area contributed by atoms with E-state index in [0.29, 0.717) is 0 Å². The van der Waals surface area contributed by atoms with E-state index in [0.717, 1.165) is 48.8 Å². The molecule has 2 aliphatic carbocycles. The van der Waals surface area contributed by atoms with E-state index < -0.39 is 0 Å². The lowest BCUT2D eigenvalue weighted by Crippen LogP contribution is -2.10. The smallest absolute Gasteiger partial charge is 0.146 e. The summed E-state index contributed by atoms with van der Waals surface area (Å²) in [6, 6.07) is 10.9. The molecule has 0 amide bonds. The Kier molecular flexibility index (Phi) is 4.89. The molecule has 0 spiro atoms. The highest BCUT2D eigenvalue weighted by molar-refractivity contribution is 5.81. The lowest BCUT2D eigenvalue weighted by molar-refractivity contribution is -0.105. The Morgan fingerprint density at radius 1 is 1.00 bits per heavy atom. The summed E-state index contributed by atoms with van der Waals surface area (Å²) in [4.78, 5) is 16.2. The fourth-order valence-corrected chi connectivity index (χ4v) is 4.13. The fourth-order valence-electron chi connectivity index (χ4n) is 4.13. The first-order valence-corrected chi connectivity index (χ1v) is 10.1. The Morgan fingerprint density at radius 3 is 2.50 bits per heavy atom. The Hall–Kier alpha value is -2.74. The van der Waals surface area contributed by atoms with Crippen LogP contribution in [-0.2, 0) is 16.6 Å². The number of aromatic nitrogens is 1. The zero-order chi connectivity index (χ0) is 19.7. The quantitative estimate of drug-likeness (QED) is 0.601. The SMILES string of the molecule is CC(C)(C)c1ccc(-c2nccc3c2CCC(C2=C(C=O)CCC=C2)=C3)cc1. The molecule has 28 heavy (non-hydrogen) atoms. The van der Waals surface area contributed by atoms with E-state index in [9.17, 15) is 4.79 Å². The summed E-state index contributed by atoms with van der Waals surface area (Å²) in [5.41, 5.74) is 9.60. The molecule has 2 aliphatic rings. The average Bonchev–Trinajstić information content (AvgIpc) is 2.72. The van der Waals surface area contributed by atoms with Crippen LogP contribution in [0.5, 0.6) is 0 Å². The number of allylic oxidation sites excluding steroid dienone is 5. The zero-order valence-corrected chi connectivity index (χ0v) is 17.0. The molecule has 0 bridgehead atoms. The largest absolute Gasteiger partial charge is 0.298 e. The van der Waals surface area contributed by atoms with Crippen molar-refractivity contribution in [2.45, 2.75) is 51.9 Å². The minimum atomic E-state index is 0.150. The van der Waals surface area contributed by atoms with Gasteiger partial charge in [0.15, 0.2) is 0 Å². The monoisotopic (exact) mass is 369 g/mol. The molecule has 0 N–H and O–H groups in total. The maximum absolute atomic E-state index is 11.5. The summed E-state index contributed by atoms with van der Waals surface area (Å²) in [5.74, 6) is 0. The molecule has 1 aromatic heterocycles. The number of aldehydes is 1. The average molecular weight is 370 g/mol. The van der Waals surface area contributed by atoms with Gasteiger partial charge in [0, 0.05) is 11.8 Å². The molecule has 0 saturated heterocycles. The number of pyridine rings is 1. The number of hydrogen-bond acceptors (Lipinski definition) is 2. The van der Waals surface area contributed by atoms with Gasteiger partial charge in [-0.25, -0.2) is 0 Å². The first-order chi connectivity index (χ1) is 13.5. The van der Waals surface area contributed by atoms with Crippen molar-refractivity contribution in [2.24, 2.45) is 0 Å². The topological polar surface area (TPSA) is 30.0 Å². The van der Waals surface area contributed by atoms with Gasteiger partial charge >= 0.3 is 0 Å². The molecule has 2 heteroatoms. The molecule has 2 nitrogen and oxygen atoms in total. The number of nitrogens with zero attached hydrogens (tertiary/aromatic N) is 1. The lowest BCUT2D eigenvalue weighted by Gasteiger charge is -2.23. The second-order valence-electron chi connectivity index (χ2n) is 8.72. The number of rotatable bonds is 3. The van der Waals surface area contributed by atoms with Gasteiger partial charge in [-0.3, -0.25) is 9.78 Å². The predicted octanol–water partition coefficient (Wildman–Crippen LogP) is 6.22. The van der Waals surface area contributed by atoms with Crippen LogP contribution in [0, 0.1) is 0 Å². The molecular weight excluding hydrogens is 342 g/mol. The highest BCUT2D eigenvalue weighted by Crippen LogP contribution is 2.36. The standard InChI is InChI=1S/C26H27NO/c1-26(2,3)22-11-8-18(9-12-22)25-24-13-10-19(16-20(24)14-15-27-25)23-7-5-4-6-21(23)17-28/h5,7-9,11-12,14-17H,4,6,10,13H2,1-3H3. The van der Waals surface area contributed by atoms with E-state index in [1.54, 1.807) is 0 Å². The normalized spacial score (nSPS) is 16.6. The molecule has 0 unspecified atom stereocenters. The maximum Gasteiger partial charge on any atom is 0.146 e. The minimum Gasteiger partial charge on any atom is -0.298 e. The van der Waals surface area contributed by atoms with Crippen LogP contribution in [-0.4, -0.2) is 11.3 Å². The number of fused-ring (bicyclic) bond motifs is 1. The van der Waals surface area contributed by atoms with E-state index in [1.807, 2.05) is 6.20 Å². The first kappa shape index (κ1) is 18.6. The van der Waals surface area contributed by atoms with Crippen molar-refractivity contribution in [1.29, 1.82) is 0 Å². The third-order valence-corrected chi connectivity index (χ3v) is 5.79. The molecule has 0 atom stereocenters. The van der Waals surface area contributed by atoms with Crippen molar-refractivity contribution >= 4 is 12.4 Å². The Balaban J connectivity index is 1.73. The molecule has 0 fully saturated rings. The predicted molar refractivity (Wildman–Crippen MR) is 116 cm³/mol. The van der Waals surface area contributed by atoms with Gasteiger partial charge in [0.05, 0.1) is 5.69 Å². The van der Waals surface area contributed by atoms with Crippen LogP contribution in [0.15, 0.2) is 65.4 Å². The number of carbonyl (C=O) groups is 1. The molecule has 0 aliphatic heterocycles. The third-order valence-electron chi connectivity index (χ3n) is 5.79. The van der Waals surface area contributed by atoms with E-state index >= 15 is 0 Å². The number of benzene rings is 1. The van der Waals surface area contributed by atoms with Crippen molar-refractivity contribution in [3.05, 3.63) is 82.1 Å². The summed E-state index contributed by atoms with van der Waals surface area (Å²) < 4.78 is 0. The van der Waals surface area contributed by atoms with E-state index in [4.69, 9.17) is 4.98 Å². The van der Waals surface area contributed by atoms with Gasteiger partial charge in [-0.1, -0.05) is 63.3 Å². The second kappa shape index (κ2) is 7.35. The number of carbonyl (C=O) groups excluding carboxylic acids is 1. The zero-order valence-electron chi connectivity index (χ0n) is 17.0. The summed E-state index contributed by atoms with van der Waals surface area (Å²) in [5, 5.41) is 0. The van der Waals surface area contributed by atoms with Crippen LogP contribution >= 0.6 is 0 Å². The molecule has 142 valence electrons. The van der Waals surface area contributed by atoms with Crippen LogP contribution in [0.1, 0.15) is 56.7 Å². The molecule has 1 aromatic carbocycles. The molecular formula is C26H27NO. The summed E-state index contributed by atoms with van der Waals surface area (Å²) in [6.07, 6.45) is 13.2. The van der Waals surface area contributed by atoms with Crippen LogP contribution < -0.4 is 0 Å². The Bertz CT molecular complexity index is 998. The summed E-state index contributed by atoms with van der Waals surface area (Å²) >= 11 is 0. The van der Waals surface area contributed by atoms with Crippen LogP contribution in [0.25, 0.3) is 17.3 Å². The van der Waals surface area contributed by atoms with Crippen molar-refractivity contribution < 1.29 is 4.79 Å². The highest BCUT2D eigenvalue weighted by atomic mass is 16.1. The minimum absolute atomic E-state index is 0.150. The fraction of sp³-hybridized carbons (Fsp3) is 0.308. The number of hydrogen-bond donors (Lipinski definition) is 0. The van der Waals surface area contributed by atoms with Gasteiger partial charge in [0.1, 0.15) is 6.29 Å². The third kappa shape index (κ3) is 3.52. The second-order valence-corrected chi connectivity index (χ2v) is 8.72. The molecule has 1 heterocycles. The van der Waals surface area contributed by atoms with Gasteiger partial charge in [-0.05, 0) is 70.6 Å². The Labute approximate surface area is 167 Å². The van der Waals surface area contributed by atoms with E-state index in [2.05, 4.69) is 69.3 Å². The van der Waals surface area contributed by atoms with E-state index in [1.165, 1.54) is 27.8 Å². The van der Waals surface area contributed by atoms with E-state index in [-0.39, 0.29) is 5.41 Å². The molecule has 4 rings (SSSR count). The van der Waals surface area contributed by atoms with Crippen LogP contribution in [0.2, 0.25) is 0 Å². The van der Waals surface area contributed by atoms with Gasteiger partial charge in [-0.15, -0.1) is 0 Å². The Morgan fingerprint density at radius 2 is 1.79 bits per heavy atom. The summed E-state index contributed by atoms with van der Waals surface area (Å²) in [7, 11) is 0. The van der Waals surface area contributed by atoms with Gasteiger partial charge in [0.25, 0.3) is 0 Å². The van der Waals surface area contributed by atoms with Gasteiger partial charge < -0.3 is 0 Å². The first-order valence-electron chi connectivity index (χ1n) is 10.1. The maximum atomic E-state index is 11.5. The van der Waals surface area contributed by atoms with Crippen molar-refractivity contribution in [1.82, 2.24) is 4.98 Å². The molecule has 2 aromatic rings. The molecule has 0 saturated carbocycles. The van der Waals surface area contributed by atoms with Crippen LogP contribution in [0.3, 0.4) is 0 Å². The summed E-state index contributed by atoms with van der Waals surface area (Å²) in [6.45, 7) is 6.71. The van der Waals surface area contributed by atoms with Crippen LogP contribution in [0.4, 0.5) is 0 Å².